The molecule has 2 aromatic carbocycles. The minimum atomic E-state index is -1.32. The number of carboxylic acid groups (broad SMARTS) is 1. The molecule has 0 unspecified atom stereocenters. The van der Waals surface area contributed by atoms with Crippen LogP contribution in [0.25, 0.3) is 16.9 Å². The molecule has 0 saturated carbocycles. The molecule has 3 aromatic rings. The van der Waals surface area contributed by atoms with Gasteiger partial charge in [-0.1, -0.05) is 0 Å². The smallest absolute Gasteiger partial charge is 0.233 e. The second-order valence-electron chi connectivity index (χ2n) is 6.00. The molecule has 1 heterocycles. The fourth-order valence-corrected chi connectivity index (χ4v) is 2.75. The Morgan fingerprint density at radius 2 is 1.76 bits per heavy atom. The Morgan fingerprint density at radius 3 is 2.38 bits per heavy atom. The van der Waals surface area contributed by atoms with E-state index in [0.29, 0.717) is 18.2 Å². The summed E-state index contributed by atoms with van der Waals surface area (Å²) in [7, 11) is 1.62. The second-order valence-corrected chi connectivity index (χ2v) is 6.00. The van der Waals surface area contributed by atoms with Crippen molar-refractivity contribution in [2.24, 2.45) is 0 Å². The van der Waals surface area contributed by atoms with Crippen LogP contribution in [-0.4, -0.2) is 42.7 Å². The summed E-state index contributed by atoms with van der Waals surface area (Å²) in [5.74, 6) is 1.93. The van der Waals surface area contributed by atoms with Crippen LogP contribution < -0.4 is 24.6 Å². The van der Waals surface area contributed by atoms with E-state index in [0.717, 1.165) is 22.7 Å². The Labute approximate surface area is 168 Å². The van der Waals surface area contributed by atoms with Crippen molar-refractivity contribution >= 4 is 6.09 Å². The van der Waals surface area contributed by atoms with Gasteiger partial charge in [0.05, 0.1) is 31.6 Å². The molecule has 0 fully saturated rings. The highest BCUT2D eigenvalue weighted by Crippen LogP contribution is 2.29. The Bertz CT molecular complexity index is 936. The summed E-state index contributed by atoms with van der Waals surface area (Å²) in [6, 6.07) is 16.9. The van der Waals surface area contributed by atoms with Gasteiger partial charge in [-0.3, -0.25) is 0 Å². The number of aromatic nitrogens is 2. The average molecular weight is 396 g/mol. The quantitative estimate of drug-likeness (QED) is 0.557. The van der Waals surface area contributed by atoms with Crippen molar-refractivity contribution in [1.82, 2.24) is 15.1 Å². The number of benzene rings is 2. The first-order valence-corrected chi connectivity index (χ1v) is 9.16. The van der Waals surface area contributed by atoms with E-state index in [2.05, 4.69) is 10.4 Å². The van der Waals surface area contributed by atoms with Crippen LogP contribution in [-0.2, 0) is 0 Å². The van der Waals surface area contributed by atoms with Gasteiger partial charge in [-0.15, -0.1) is 5.10 Å². The van der Waals surface area contributed by atoms with Crippen molar-refractivity contribution in [3.63, 3.8) is 0 Å². The van der Waals surface area contributed by atoms with Crippen molar-refractivity contribution in [3.05, 3.63) is 54.6 Å². The summed E-state index contributed by atoms with van der Waals surface area (Å²) in [5, 5.41) is 17.0. The fraction of sp³-hybridized carbons (Fsp3) is 0.238. The molecule has 1 aromatic heterocycles. The Balaban J connectivity index is 1.82. The molecule has 8 heteroatoms. The number of ether oxygens (including phenoxy) is 3. The molecule has 1 N–H and O–H groups in total. The minimum absolute atomic E-state index is 0.159. The van der Waals surface area contributed by atoms with Crippen LogP contribution in [0.4, 0.5) is 4.79 Å². The highest BCUT2D eigenvalue weighted by molar-refractivity contribution is 5.64. The summed E-state index contributed by atoms with van der Waals surface area (Å²) < 4.78 is 18.1. The summed E-state index contributed by atoms with van der Waals surface area (Å²) in [4.78, 5) is 10.3. The van der Waals surface area contributed by atoms with Gasteiger partial charge < -0.3 is 29.4 Å². The molecule has 0 bridgehead atoms. The third-order valence-electron chi connectivity index (χ3n) is 4.09. The molecule has 0 atom stereocenters. The summed E-state index contributed by atoms with van der Waals surface area (Å²) >= 11 is 0. The second kappa shape index (κ2) is 9.50. The molecular formula is C21H22N3O5-. The molecule has 29 heavy (non-hydrogen) atoms. The van der Waals surface area contributed by atoms with E-state index in [1.807, 2.05) is 66.2 Å². The largest absolute Gasteiger partial charge is 0.530 e. The first kappa shape index (κ1) is 20.1. The lowest BCUT2D eigenvalue weighted by Crippen LogP contribution is -2.38. The maximum Gasteiger partial charge on any atom is 0.233 e. The highest BCUT2D eigenvalue weighted by atomic mass is 16.5. The number of amides is 1. The van der Waals surface area contributed by atoms with E-state index in [1.54, 1.807) is 7.11 Å². The number of methoxy groups -OCH3 is 1. The summed E-state index contributed by atoms with van der Waals surface area (Å²) in [6.07, 6.45) is -1.32. The van der Waals surface area contributed by atoms with Crippen LogP contribution >= 0.6 is 0 Å². The molecule has 152 valence electrons. The standard InChI is InChI=1S/C21H23N3O5/c1-3-28-20-14-19(24(23-20)16-6-10-17(27-2)11-7-16)15-4-8-18(9-5-15)29-13-12-22-21(25)26/h4-11,14,22H,3,12-13H2,1-2H3,(H,25,26)/p-1. The van der Waals surface area contributed by atoms with Crippen molar-refractivity contribution in [1.29, 1.82) is 0 Å². The molecular weight excluding hydrogens is 374 g/mol. The molecule has 0 aliphatic heterocycles. The molecule has 0 aliphatic carbocycles. The highest BCUT2D eigenvalue weighted by Gasteiger charge is 2.13. The predicted octanol–water partition coefficient (Wildman–Crippen LogP) is 2.26. The Morgan fingerprint density at radius 1 is 1.07 bits per heavy atom. The van der Waals surface area contributed by atoms with Crippen LogP contribution in [0, 0.1) is 0 Å². The number of carbonyl (C=O) groups excluding carboxylic acids is 1. The number of rotatable bonds is 9. The number of nitrogens with one attached hydrogen (secondary N) is 1. The van der Waals surface area contributed by atoms with Crippen LogP contribution in [0.1, 0.15) is 6.92 Å². The zero-order valence-electron chi connectivity index (χ0n) is 16.3. The molecule has 0 saturated heterocycles. The Kier molecular flexibility index (Phi) is 6.57. The van der Waals surface area contributed by atoms with Crippen LogP contribution in [0.3, 0.4) is 0 Å². The van der Waals surface area contributed by atoms with Gasteiger partial charge in [0.25, 0.3) is 0 Å². The van der Waals surface area contributed by atoms with E-state index in [4.69, 9.17) is 14.2 Å². The topological polar surface area (TPSA) is 97.7 Å². The van der Waals surface area contributed by atoms with Gasteiger partial charge in [-0.05, 0) is 55.5 Å². The first-order valence-electron chi connectivity index (χ1n) is 9.16. The molecule has 3 rings (SSSR count). The normalized spacial score (nSPS) is 10.4. The number of nitrogens with zero attached hydrogens (tertiary/aromatic N) is 2. The lowest BCUT2D eigenvalue weighted by Gasteiger charge is -2.10. The van der Waals surface area contributed by atoms with Gasteiger partial charge in [0.2, 0.25) is 5.88 Å². The number of carbonyl (C=O) groups is 1. The van der Waals surface area contributed by atoms with Gasteiger partial charge in [0.15, 0.2) is 0 Å². The van der Waals surface area contributed by atoms with Crippen LogP contribution in [0.5, 0.6) is 17.4 Å². The Hall–Kier alpha value is -3.68. The lowest BCUT2D eigenvalue weighted by atomic mass is 10.1. The first-order chi connectivity index (χ1) is 14.1. The van der Waals surface area contributed by atoms with Gasteiger partial charge >= 0.3 is 0 Å². The van der Waals surface area contributed by atoms with Gasteiger partial charge in [-0.25, -0.2) is 4.68 Å². The molecule has 0 spiro atoms. The molecule has 8 nitrogen and oxygen atoms in total. The SMILES string of the molecule is CCOc1cc(-c2ccc(OCCNC(=O)[O-])cc2)n(-c2ccc(OC)cc2)n1. The van der Waals surface area contributed by atoms with Crippen molar-refractivity contribution in [2.75, 3.05) is 26.9 Å². The van der Waals surface area contributed by atoms with Gasteiger partial charge in [0, 0.05) is 11.6 Å². The maximum atomic E-state index is 10.3. The lowest BCUT2D eigenvalue weighted by molar-refractivity contribution is -0.250. The number of hydrogen-bond acceptors (Lipinski definition) is 6. The minimum Gasteiger partial charge on any atom is -0.530 e. The van der Waals surface area contributed by atoms with Crippen molar-refractivity contribution in [3.8, 4) is 34.3 Å². The molecule has 0 aliphatic rings. The van der Waals surface area contributed by atoms with E-state index in [1.165, 1.54) is 0 Å². The fourth-order valence-electron chi connectivity index (χ4n) is 2.75. The predicted molar refractivity (Wildman–Crippen MR) is 106 cm³/mol. The summed E-state index contributed by atoms with van der Waals surface area (Å²) in [5.41, 5.74) is 2.67. The van der Waals surface area contributed by atoms with Crippen LogP contribution in [0.15, 0.2) is 54.6 Å². The monoisotopic (exact) mass is 396 g/mol. The third-order valence-corrected chi connectivity index (χ3v) is 4.09. The third kappa shape index (κ3) is 5.19. The van der Waals surface area contributed by atoms with Crippen molar-refractivity contribution in [2.45, 2.75) is 6.92 Å². The zero-order valence-corrected chi connectivity index (χ0v) is 16.3. The molecule has 1 amide bonds. The van der Waals surface area contributed by atoms with E-state index >= 15 is 0 Å². The molecule has 0 radical (unpaired) electrons. The zero-order chi connectivity index (χ0) is 20.6. The van der Waals surface area contributed by atoms with Gasteiger partial charge in [0.1, 0.15) is 24.2 Å². The van der Waals surface area contributed by atoms with Crippen LogP contribution in [0.2, 0.25) is 0 Å². The number of hydrogen-bond donors (Lipinski definition) is 1. The van der Waals surface area contributed by atoms with E-state index in [9.17, 15) is 9.90 Å². The average Bonchev–Trinajstić information content (AvgIpc) is 3.16. The van der Waals surface area contributed by atoms with Crippen molar-refractivity contribution < 1.29 is 24.1 Å². The van der Waals surface area contributed by atoms with Gasteiger partial charge in [-0.2, -0.15) is 0 Å². The van der Waals surface area contributed by atoms with E-state index in [-0.39, 0.29) is 13.2 Å². The van der Waals surface area contributed by atoms with E-state index < -0.39 is 6.09 Å². The maximum absolute atomic E-state index is 10.3. The summed E-state index contributed by atoms with van der Waals surface area (Å²) in [6.45, 7) is 2.80.